The molecule has 1 heterocycles. The van der Waals surface area contributed by atoms with Gasteiger partial charge in [-0.15, -0.1) is 0 Å². The fraction of sp³-hybridized carbons (Fsp3) is 0.538. The SMILES string of the molecule is COc1ccc(C2CN(C)CCCN2)cc1Cl. The molecule has 1 saturated heterocycles. The summed E-state index contributed by atoms with van der Waals surface area (Å²) in [7, 11) is 3.80. The third kappa shape index (κ3) is 3.12. The molecule has 2 rings (SSSR count). The Balaban J connectivity index is 2.17. The molecule has 4 heteroatoms. The molecular formula is C13H19ClN2O. The number of likely N-dealkylation sites (N-methyl/N-ethyl adjacent to an activating group) is 1. The zero-order chi connectivity index (χ0) is 12.3. The summed E-state index contributed by atoms with van der Waals surface area (Å²) in [5, 5.41) is 4.23. The lowest BCUT2D eigenvalue weighted by Gasteiger charge is -2.21. The minimum absolute atomic E-state index is 0.353. The Morgan fingerprint density at radius 3 is 3.00 bits per heavy atom. The monoisotopic (exact) mass is 254 g/mol. The van der Waals surface area contributed by atoms with Gasteiger partial charge in [0.05, 0.1) is 12.1 Å². The molecule has 1 aliphatic rings. The van der Waals surface area contributed by atoms with Crippen molar-refractivity contribution in [1.29, 1.82) is 0 Å². The Labute approximate surface area is 108 Å². The summed E-state index contributed by atoms with van der Waals surface area (Å²) in [6, 6.07) is 6.37. The molecule has 0 aromatic heterocycles. The quantitative estimate of drug-likeness (QED) is 0.877. The molecule has 1 N–H and O–H groups in total. The third-order valence-electron chi connectivity index (χ3n) is 3.18. The van der Waals surface area contributed by atoms with Crippen LogP contribution in [0, 0.1) is 0 Å². The third-order valence-corrected chi connectivity index (χ3v) is 3.48. The Bertz CT molecular complexity index is 384. The van der Waals surface area contributed by atoms with Crippen LogP contribution in [0.15, 0.2) is 18.2 Å². The largest absolute Gasteiger partial charge is 0.495 e. The molecule has 0 bridgehead atoms. The molecule has 1 atom stereocenters. The number of nitrogens with zero attached hydrogens (tertiary/aromatic N) is 1. The minimum Gasteiger partial charge on any atom is -0.495 e. The Kier molecular flexibility index (Phi) is 4.26. The first-order chi connectivity index (χ1) is 8.20. The standard InChI is InChI=1S/C13H19ClN2O/c1-16-7-3-6-15-12(9-16)10-4-5-13(17-2)11(14)8-10/h4-5,8,12,15H,3,6-7,9H2,1-2H3. The molecule has 1 aromatic carbocycles. The molecule has 1 fully saturated rings. The van der Waals surface area contributed by atoms with Gasteiger partial charge in [0.15, 0.2) is 0 Å². The van der Waals surface area contributed by atoms with E-state index in [1.165, 1.54) is 12.0 Å². The smallest absolute Gasteiger partial charge is 0.137 e. The maximum absolute atomic E-state index is 6.16. The van der Waals surface area contributed by atoms with Crippen molar-refractivity contribution in [1.82, 2.24) is 10.2 Å². The predicted octanol–water partition coefficient (Wildman–Crippen LogP) is 2.31. The molecule has 1 aromatic rings. The highest BCUT2D eigenvalue weighted by molar-refractivity contribution is 6.32. The van der Waals surface area contributed by atoms with Crippen LogP contribution in [0.25, 0.3) is 0 Å². The molecule has 0 spiro atoms. The van der Waals surface area contributed by atoms with Crippen LogP contribution in [0.2, 0.25) is 5.02 Å². The zero-order valence-electron chi connectivity index (χ0n) is 10.4. The van der Waals surface area contributed by atoms with Crippen molar-refractivity contribution in [2.45, 2.75) is 12.5 Å². The highest BCUT2D eigenvalue weighted by Gasteiger charge is 2.17. The van der Waals surface area contributed by atoms with Crippen LogP contribution in [0.1, 0.15) is 18.0 Å². The fourth-order valence-corrected chi connectivity index (χ4v) is 2.48. The maximum Gasteiger partial charge on any atom is 0.137 e. The molecule has 0 aliphatic carbocycles. The summed E-state index contributed by atoms with van der Waals surface area (Å²) in [5.74, 6) is 0.734. The number of nitrogens with one attached hydrogen (secondary N) is 1. The van der Waals surface area contributed by atoms with Crippen LogP contribution in [-0.2, 0) is 0 Å². The molecule has 0 amide bonds. The summed E-state index contributed by atoms with van der Waals surface area (Å²) in [6.07, 6.45) is 1.19. The van der Waals surface area contributed by atoms with Gasteiger partial charge in [0.2, 0.25) is 0 Å². The van der Waals surface area contributed by atoms with Gasteiger partial charge in [-0.1, -0.05) is 17.7 Å². The van der Waals surface area contributed by atoms with E-state index in [1.54, 1.807) is 7.11 Å². The van der Waals surface area contributed by atoms with Crippen molar-refractivity contribution in [2.75, 3.05) is 33.8 Å². The predicted molar refractivity (Wildman–Crippen MR) is 70.9 cm³/mol. The Morgan fingerprint density at radius 2 is 2.29 bits per heavy atom. The average molecular weight is 255 g/mol. The molecule has 1 unspecified atom stereocenters. The summed E-state index contributed by atoms with van der Waals surface area (Å²) < 4.78 is 5.17. The van der Waals surface area contributed by atoms with Gasteiger partial charge in [-0.2, -0.15) is 0 Å². The van der Waals surface area contributed by atoms with Crippen LogP contribution < -0.4 is 10.1 Å². The lowest BCUT2D eigenvalue weighted by molar-refractivity contribution is 0.326. The van der Waals surface area contributed by atoms with E-state index in [0.717, 1.165) is 25.4 Å². The summed E-state index contributed by atoms with van der Waals surface area (Å²) >= 11 is 6.16. The van der Waals surface area contributed by atoms with Gasteiger partial charge in [0.25, 0.3) is 0 Å². The van der Waals surface area contributed by atoms with Gasteiger partial charge in [0, 0.05) is 12.6 Å². The summed E-state index contributed by atoms with van der Waals surface area (Å²) in [5.41, 5.74) is 1.23. The van der Waals surface area contributed by atoms with E-state index in [-0.39, 0.29) is 0 Å². The van der Waals surface area contributed by atoms with E-state index in [2.05, 4.69) is 23.3 Å². The fourth-order valence-electron chi connectivity index (χ4n) is 2.22. The van der Waals surface area contributed by atoms with Crippen molar-refractivity contribution in [3.8, 4) is 5.75 Å². The average Bonchev–Trinajstić information content (AvgIpc) is 2.54. The van der Waals surface area contributed by atoms with Crippen LogP contribution >= 0.6 is 11.6 Å². The lowest BCUT2D eigenvalue weighted by Crippen LogP contribution is -2.28. The first kappa shape index (κ1) is 12.7. The molecule has 0 radical (unpaired) electrons. The van der Waals surface area contributed by atoms with E-state index >= 15 is 0 Å². The number of rotatable bonds is 2. The van der Waals surface area contributed by atoms with Crippen molar-refractivity contribution in [2.24, 2.45) is 0 Å². The second-order valence-electron chi connectivity index (χ2n) is 4.52. The number of methoxy groups -OCH3 is 1. The van der Waals surface area contributed by atoms with Crippen molar-refractivity contribution in [3.63, 3.8) is 0 Å². The molecular weight excluding hydrogens is 236 g/mol. The molecule has 17 heavy (non-hydrogen) atoms. The van der Waals surface area contributed by atoms with Crippen LogP contribution in [0.4, 0.5) is 0 Å². The molecule has 94 valence electrons. The molecule has 0 saturated carbocycles. The van der Waals surface area contributed by atoms with Gasteiger partial charge in [-0.3, -0.25) is 0 Å². The second-order valence-corrected chi connectivity index (χ2v) is 4.92. The topological polar surface area (TPSA) is 24.5 Å². The van der Waals surface area contributed by atoms with Gasteiger partial charge in [-0.25, -0.2) is 0 Å². The Morgan fingerprint density at radius 1 is 1.47 bits per heavy atom. The highest BCUT2D eigenvalue weighted by Crippen LogP contribution is 2.28. The molecule has 1 aliphatic heterocycles. The van der Waals surface area contributed by atoms with E-state index < -0.39 is 0 Å². The van der Waals surface area contributed by atoms with Crippen LogP contribution in [-0.4, -0.2) is 38.7 Å². The van der Waals surface area contributed by atoms with Gasteiger partial charge in [0.1, 0.15) is 5.75 Å². The van der Waals surface area contributed by atoms with E-state index in [4.69, 9.17) is 16.3 Å². The molecule has 3 nitrogen and oxygen atoms in total. The first-order valence-electron chi connectivity index (χ1n) is 5.96. The van der Waals surface area contributed by atoms with E-state index in [9.17, 15) is 0 Å². The number of halogens is 1. The maximum atomic E-state index is 6.16. The van der Waals surface area contributed by atoms with E-state index in [1.807, 2.05) is 12.1 Å². The van der Waals surface area contributed by atoms with Crippen LogP contribution in [0.3, 0.4) is 0 Å². The van der Waals surface area contributed by atoms with Gasteiger partial charge in [-0.05, 0) is 44.3 Å². The zero-order valence-corrected chi connectivity index (χ0v) is 11.1. The normalized spacial score (nSPS) is 22.2. The van der Waals surface area contributed by atoms with E-state index in [0.29, 0.717) is 11.1 Å². The van der Waals surface area contributed by atoms with Crippen molar-refractivity contribution in [3.05, 3.63) is 28.8 Å². The first-order valence-corrected chi connectivity index (χ1v) is 6.34. The number of hydrogen-bond acceptors (Lipinski definition) is 3. The summed E-state index contributed by atoms with van der Waals surface area (Å²) in [4.78, 5) is 2.35. The number of benzene rings is 1. The van der Waals surface area contributed by atoms with Gasteiger partial charge >= 0.3 is 0 Å². The highest BCUT2D eigenvalue weighted by atomic mass is 35.5. The summed E-state index contributed by atoms with van der Waals surface area (Å²) in [6.45, 7) is 3.22. The number of ether oxygens (including phenoxy) is 1. The van der Waals surface area contributed by atoms with Crippen LogP contribution in [0.5, 0.6) is 5.75 Å². The lowest BCUT2D eigenvalue weighted by atomic mass is 10.1. The van der Waals surface area contributed by atoms with Crippen molar-refractivity contribution < 1.29 is 4.74 Å². The second kappa shape index (κ2) is 5.71. The van der Waals surface area contributed by atoms with Crippen molar-refractivity contribution >= 4 is 11.6 Å². The minimum atomic E-state index is 0.353. The Hall–Kier alpha value is -0.770. The number of hydrogen-bond donors (Lipinski definition) is 1. The van der Waals surface area contributed by atoms with Gasteiger partial charge < -0.3 is 15.0 Å².